The summed E-state index contributed by atoms with van der Waals surface area (Å²) in [6.07, 6.45) is 11.9. The number of imidazole rings is 1. The average molecular weight is 324 g/mol. The average Bonchev–Trinajstić information content (AvgIpc) is 3.21. The summed E-state index contributed by atoms with van der Waals surface area (Å²) in [6, 6.07) is 0.241. The van der Waals surface area contributed by atoms with Crippen molar-refractivity contribution < 1.29 is 4.79 Å². The van der Waals surface area contributed by atoms with E-state index in [1.54, 1.807) is 29.2 Å². The van der Waals surface area contributed by atoms with Crippen molar-refractivity contribution in [2.24, 2.45) is 0 Å². The van der Waals surface area contributed by atoms with E-state index >= 15 is 0 Å². The number of nitrogens with one attached hydrogen (secondary N) is 1. The summed E-state index contributed by atoms with van der Waals surface area (Å²) in [7, 11) is 0. The van der Waals surface area contributed by atoms with E-state index in [1.165, 1.54) is 5.56 Å². The molecule has 4 rings (SSSR count). The van der Waals surface area contributed by atoms with E-state index in [0.29, 0.717) is 17.4 Å². The molecule has 24 heavy (non-hydrogen) atoms. The number of nitrogens with zero attached hydrogens (tertiary/aromatic N) is 5. The minimum atomic E-state index is -0.205. The van der Waals surface area contributed by atoms with Crippen LogP contribution in [-0.4, -0.2) is 30.1 Å². The van der Waals surface area contributed by atoms with Crippen molar-refractivity contribution in [3.63, 3.8) is 0 Å². The van der Waals surface area contributed by atoms with Crippen LogP contribution in [0.25, 0.3) is 5.65 Å². The number of amides is 1. The van der Waals surface area contributed by atoms with Gasteiger partial charge in [0, 0.05) is 37.0 Å². The topological polar surface area (TPSA) is 77.1 Å². The first-order valence-electron chi connectivity index (χ1n) is 8.30. The van der Waals surface area contributed by atoms with Gasteiger partial charge in [-0.2, -0.15) is 5.10 Å². The predicted octanol–water partition coefficient (Wildman–Crippen LogP) is 2.31. The molecule has 1 aliphatic carbocycles. The molecule has 3 aromatic heterocycles. The Morgan fingerprint density at radius 3 is 2.88 bits per heavy atom. The molecule has 124 valence electrons. The SMILES string of the molecule is CC(C)n1cc2c(n1)[C@H](NC(=O)c1nccn3ccnc13)CCC2. The summed E-state index contributed by atoms with van der Waals surface area (Å²) < 4.78 is 3.77. The summed E-state index contributed by atoms with van der Waals surface area (Å²) in [6.45, 7) is 4.21. The summed E-state index contributed by atoms with van der Waals surface area (Å²) >= 11 is 0. The zero-order valence-electron chi connectivity index (χ0n) is 13.8. The number of aryl methyl sites for hydroxylation is 1. The second kappa shape index (κ2) is 5.74. The van der Waals surface area contributed by atoms with Crippen molar-refractivity contribution in [2.75, 3.05) is 0 Å². The molecular formula is C17H20N6O. The minimum Gasteiger partial charge on any atom is -0.342 e. The van der Waals surface area contributed by atoms with Crippen LogP contribution in [-0.2, 0) is 6.42 Å². The van der Waals surface area contributed by atoms with Gasteiger partial charge in [-0.05, 0) is 38.7 Å². The predicted molar refractivity (Wildman–Crippen MR) is 88.7 cm³/mol. The lowest BCUT2D eigenvalue weighted by molar-refractivity contribution is 0.0928. The summed E-state index contributed by atoms with van der Waals surface area (Å²) in [5.41, 5.74) is 3.13. The molecule has 1 N–H and O–H groups in total. The Kier molecular flexibility index (Phi) is 3.55. The van der Waals surface area contributed by atoms with Gasteiger partial charge in [-0.15, -0.1) is 0 Å². The van der Waals surface area contributed by atoms with Crippen LogP contribution in [0.5, 0.6) is 0 Å². The van der Waals surface area contributed by atoms with Crippen LogP contribution in [0.15, 0.2) is 31.0 Å². The fourth-order valence-corrected chi connectivity index (χ4v) is 3.21. The van der Waals surface area contributed by atoms with Gasteiger partial charge in [0.05, 0.1) is 11.7 Å². The van der Waals surface area contributed by atoms with Gasteiger partial charge >= 0.3 is 0 Å². The third kappa shape index (κ3) is 2.46. The first kappa shape index (κ1) is 14.9. The van der Waals surface area contributed by atoms with E-state index < -0.39 is 0 Å². The van der Waals surface area contributed by atoms with Gasteiger partial charge in [-0.1, -0.05) is 0 Å². The van der Waals surface area contributed by atoms with Crippen LogP contribution in [0.3, 0.4) is 0 Å². The van der Waals surface area contributed by atoms with Gasteiger partial charge in [0.25, 0.3) is 5.91 Å². The molecule has 0 saturated carbocycles. The van der Waals surface area contributed by atoms with Gasteiger partial charge in [0.2, 0.25) is 0 Å². The highest BCUT2D eigenvalue weighted by molar-refractivity contribution is 5.97. The van der Waals surface area contributed by atoms with Crippen molar-refractivity contribution >= 4 is 11.6 Å². The van der Waals surface area contributed by atoms with E-state index in [2.05, 4.69) is 35.3 Å². The highest BCUT2D eigenvalue weighted by Crippen LogP contribution is 2.29. The Balaban J connectivity index is 1.62. The third-order valence-electron chi connectivity index (χ3n) is 4.47. The lowest BCUT2D eigenvalue weighted by Gasteiger charge is -2.22. The van der Waals surface area contributed by atoms with Crippen molar-refractivity contribution in [1.29, 1.82) is 0 Å². The van der Waals surface area contributed by atoms with Gasteiger partial charge < -0.3 is 9.72 Å². The highest BCUT2D eigenvalue weighted by atomic mass is 16.2. The number of hydrogen-bond acceptors (Lipinski definition) is 4. The molecule has 3 aromatic rings. The molecule has 0 fully saturated rings. The monoisotopic (exact) mass is 324 g/mol. The molecule has 0 saturated heterocycles. The maximum absolute atomic E-state index is 12.7. The van der Waals surface area contributed by atoms with Crippen LogP contribution in [0, 0.1) is 0 Å². The number of hydrogen-bond donors (Lipinski definition) is 1. The first-order chi connectivity index (χ1) is 11.6. The Labute approximate surface area is 139 Å². The second-order valence-corrected chi connectivity index (χ2v) is 6.47. The minimum absolute atomic E-state index is 0.0710. The van der Waals surface area contributed by atoms with Crippen LogP contribution in [0.2, 0.25) is 0 Å². The fraction of sp³-hybridized carbons (Fsp3) is 0.412. The van der Waals surface area contributed by atoms with E-state index in [9.17, 15) is 4.79 Å². The van der Waals surface area contributed by atoms with E-state index in [1.807, 2.05) is 4.68 Å². The third-order valence-corrected chi connectivity index (χ3v) is 4.47. The molecule has 1 aliphatic rings. The standard InChI is InChI=1S/C17H20N6O/c1-11(2)23-10-12-4-3-5-13(14(12)21-23)20-17(24)15-16-19-7-9-22(16)8-6-18-15/h6-11,13H,3-5H2,1-2H3,(H,20,24)/t13-/m1/s1. The Morgan fingerprint density at radius 1 is 1.29 bits per heavy atom. The van der Waals surface area contributed by atoms with Crippen molar-refractivity contribution in [1.82, 2.24) is 29.5 Å². The smallest absolute Gasteiger partial charge is 0.274 e. The van der Waals surface area contributed by atoms with E-state index in [-0.39, 0.29) is 11.9 Å². The summed E-state index contributed by atoms with van der Waals surface area (Å²) in [5, 5.41) is 7.79. The number of rotatable bonds is 3. The fourth-order valence-electron chi connectivity index (χ4n) is 3.21. The molecular weight excluding hydrogens is 304 g/mol. The largest absolute Gasteiger partial charge is 0.342 e. The summed E-state index contributed by atoms with van der Waals surface area (Å²) in [5.74, 6) is -0.205. The van der Waals surface area contributed by atoms with Gasteiger partial charge in [0.15, 0.2) is 11.3 Å². The first-order valence-corrected chi connectivity index (χ1v) is 8.30. The Morgan fingerprint density at radius 2 is 2.08 bits per heavy atom. The molecule has 0 aromatic carbocycles. The molecule has 7 heteroatoms. The van der Waals surface area contributed by atoms with E-state index in [0.717, 1.165) is 25.0 Å². The number of carbonyl (C=O) groups is 1. The zero-order chi connectivity index (χ0) is 16.7. The molecule has 7 nitrogen and oxygen atoms in total. The quantitative estimate of drug-likeness (QED) is 0.802. The molecule has 0 aliphatic heterocycles. The highest BCUT2D eigenvalue weighted by Gasteiger charge is 2.27. The van der Waals surface area contributed by atoms with Crippen molar-refractivity contribution in [3.05, 3.63) is 47.9 Å². The number of aromatic nitrogens is 5. The second-order valence-electron chi connectivity index (χ2n) is 6.47. The molecule has 3 heterocycles. The van der Waals surface area contributed by atoms with Gasteiger partial charge in [0.1, 0.15) is 0 Å². The number of carbonyl (C=O) groups excluding carboxylic acids is 1. The molecule has 0 spiro atoms. The number of fused-ring (bicyclic) bond motifs is 2. The van der Waals surface area contributed by atoms with Gasteiger partial charge in [-0.3, -0.25) is 9.48 Å². The lowest BCUT2D eigenvalue weighted by Crippen LogP contribution is -2.32. The molecule has 0 radical (unpaired) electrons. The van der Waals surface area contributed by atoms with Crippen LogP contribution >= 0.6 is 0 Å². The molecule has 0 bridgehead atoms. The van der Waals surface area contributed by atoms with Crippen LogP contribution in [0.4, 0.5) is 0 Å². The molecule has 1 atom stereocenters. The van der Waals surface area contributed by atoms with Crippen molar-refractivity contribution in [2.45, 2.75) is 45.2 Å². The van der Waals surface area contributed by atoms with Crippen LogP contribution in [0.1, 0.15) is 60.5 Å². The molecule has 0 unspecified atom stereocenters. The Hall–Kier alpha value is -2.70. The Bertz CT molecular complexity index is 894. The molecule has 1 amide bonds. The zero-order valence-corrected chi connectivity index (χ0v) is 13.8. The van der Waals surface area contributed by atoms with Crippen LogP contribution < -0.4 is 5.32 Å². The normalized spacial score (nSPS) is 17.2. The maximum Gasteiger partial charge on any atom is 0.274 e. The summed E-state index contributed by atoms with van der Waals surface area (Å²) in [4.78, 5) is 21.2. The van der Waals surface area contributed by atoms with Crippen molar-refractivity contribution in [3.8, 4) is 0 Å². The maximum atomic E-state index is 12.7. The van der Waals surface area contributed by atoms with Gasteiger partial charge in [-0.25, -0.2) is 9.97 Å². The van der Waals surface area contributed by atoms with E-state index in [4.69, 9.17) is 5.10 Å². The lowest BCUT2D eigenvalue weighted by atomic mass is 9.93.